The van der Waals surface area contributed by atoms with E-state index in [1.54, 1.807) is 0 Å². The third-order valence-corrected chi connectivity index (χ3v) is 11.9. The minimum atomic E-state index is -1.15. The van der Waals surface area contributed by atoms with E-state index >= 15 is 0 Å². The van der Waals surface area contributed by atoms with Crippen molar-refractivity contribution in [2.45, 2.75) is 193 Å². The molecule has 35 nitrogen and oxygen atoms in total. The zero-order valence-corrected chi connectivity index (χ0v) is 52.0. The number of ether oxygens (including phenoxy) is 1. The van der Waals surface area contributed by atoms with E-state index in [1.807, 2.05) is 0 Å². The summed E-state index contributed by atoms with van der Waals surface area (Å²) in [5.41, 5.74) is 31.4. The first-order chi connectivity index (χ1) is 41.5. The highest BCUT2D eigenvalue weighted by Crippen LogP contribution is 2.09. The number of rotatable bonds is 42. The molecule has 0 aliphatic heterocycles. The number of carboxylic acid groups (broad SMARTS) is 6. The first kappa shape index (κ1) is 92.9. The number of nitrogens with one attached hydrogen (secondary N) is 2. The Morgan fingerprint density at radius 1 is 0.344 bits per heavy atom. The fraction of sp³-hybridized carbons (Fsp3) is 0.630. The lowest BCUT2D eigenvalue weighted by molar-refractivity contribution is -0.153. The molecule has 0 aromatic carbocycles. The molecule has 36 heteroatoms. The second kappa shape index (κ2) is 56.0. The van der Waals surface area contributed by atoms with Gasteiger partial charge in [-0.2, -0.15) is 0 Å². The smallest absolute Gasteiger partial charge is 0.374 e. The number of hydrogen-bond acceptors (Lipinski definition) is 28. The number of esters is 1. The van der Waals surface area contributed by atoms with Gasteiger partial charge in [-0.3, -0.25) is 91.1 Å². The van der Waals surface area contributed by atoms with Gasteiger partial charge in [0.2, 0.25) is 46.3 Å². The number of unbranched alkanes of at least 4 members (excludes halogenated alkanes) is 4. The minimum absolute atomic E-state index is 0.0370. The summed E-state index contributed by atoms with van der Waals surface area (Å²) in [5, 5.41) is 55.0. The van der Waals surface area contributed by atoms with E-state index in [0.29, 0.717) is 89.3 Å². The second-order valence-electron chi connectivity index (χ2n) is 19.1. The zero-order chi connectivity index (χ0) is 71.4. The normalized spacial score (nSPS) is 11.9. The van der Waals surface area contributed by atoms with Crippen molar-refractivity contribution in [3.8, 4) is 0 Å². The molecule has 0 aromatic rings. The van der Waals surface area contributed by atoms with Gasteiger partial charge in [-0.1, -0.05) is 24.6 Å². The van der Waals surface area contributed by atoms with Crippen molar-refractivity contribution in [3.05, 3.63) is 0 Å². The van der Waals surface area contributed by atoms with Crippen LogP contribution in [0.2, 0.25) is 0 Å². The van der Waals surface area contributed by atoms with Crippen LogP contribution in [-0.2, 0) is 101 Å². The number of Topliss-reactive ketones (excluding diaryl/α,β-unsaturated/α-hetero) is 10. The van der Waals surface area contributed by atoms with Crippen LogP contribution < -0.4 is 45.0 Å². The summed E-state index contributed by atoms with van der Waals surface area (Å²) in [6.45, 7) is 7.52. The van der Waals surface area contributed by atoms with E-state index in [9.17, 15) is 95.9 Å². The summed E-state index contributed by atoms with van der Waals surface area (Å²) >= 11 is 0.968. The van der Waals surface area contributed by atoms with Crippen molar-refractivity contribution in [1.29, 1.82) is 0 Å². The Kier molecular flexibility index (Phi) is 57.8. The number of aliphatic carboxylic acids is 6. The van der Waals surface area contributed by atoms with Crippen LogP contribution in [0.1, 0.15) is 157 Å². The first-order valence-electron chi connectivity index (χ1n) is 27.5. The van der Waals surface area contributed by atoms with Gasteiger partial charge in [0.05, 0.1) is 6.61 Å². The van der Waals surface area contributed by atoms with E-state index in [0.717, 1.165) is 39.5 Å². The average Bonchev–Trinajstić information content (AvgIpc) is 3.46. The summed E-state index contributed by atoms with van der Waals surface area (Å²) in [5.74, 6) is -15.3. The van der Waals surface area contributed by atoms with Crippen LogP contribution in [0, 0.1) is 0 Å². The summed E-state index contributed by atoms with van der Waals surface area (Å²) in [4.78, 5) is 211. The van der Waals surface area contributed by atoms with E-state index in [4.69, 9.17) is 65.0 Å². The molecule has 0 fully saturated rings. The van der Waals surface area contributed by atoms with Crippen LogP contribution in [0.25, 0.3) is 0 Å². The largest absolute Gasteiger partial charge is 0.480 e. The maximum atomic E-state index is 11.0. The van der Waals surface area contributed by atoms with Gasteiger partial charge in [0.1, 0.15) is 36.3 Å². The second-order valence-corrected chi connectivity index (χ2v) is 20.1. The lowest BCUT2D eigenvalue weighted by atomic mass is 10.0. The number of ketones is 10. The number of hydrogen-bond donors (Lipinski definition) is 14. The number of carbonyl (C=O) groups is 20. The number of carbonyl (C=O) groups excluding carboxylic acids is 14. The quantitative estimate of drug-likeness (QED) is 0.0128. The molecule has 0 aliphatic carbocycles. The topological polar surface area (TPSA) is 652 Å². The Bertz CT molecular complexity index is 2330. The van der Waals surface area contributed by atoms with Crippen molar-refractivity contribution >= 4 is 128 Å². The highest BCUT2D eigenvalue weighted by Gasteiger charge is 2.21. The number of thioether (sulfide) groups is 1. The predicted octanol–water partition coefficient (Wildman–Crippen LogP) is -2.74. The van der Waals surface area contributed by atoms with Crippen molar-refractivity contribution in [2.75, 3.05) is 25.4 Å². The van der Waals surface area contributed by atoms with Crippen molar-refractivity contribution in [1.82, 2.24) is 10.6 Å². The van der Waals surface area contributed by atoms with Gasteiger partial charge in [0, 0.05) is 73.2 Å². The van der Waals surface area contributed by atoms with Crippen LogP contribution in [0.15, 0.2) is 0 Å². The SMILES string of the molecule is CC(=O)C(=O)C(=O)CCCC(N)C(=O)O.CC(=O)C(=O)C(=O)CCCCC(N)C(=O)O.CC(=O)C(=O)NCCCC(N)C(=O)O.CC(=O)C(=O)NCCCCC(N)C(=O)O.CC(=O)C(=O)OCCCCC(N)C(=O)O.CC(=O)C(=O)SCCCCC(N)C(=O)O. The van der Waals surface area contributed by atoms with Gasteiger partial charge in [-0.15, -0.1) is 0 Å². The third-order valence-electron chi connectivity index (χ3n) is 10.8. The van der Waals surface area contributed by atoms with Crippen LogP contribution in [-0.4, -0.2) is 209 Å². The molecule has 0 aromatic heterocycles. The molecule has 2 amide bonds. The molecule has 0 bridgehead atoms. The van der Waals surface area contributed by atoms with Crippen molar-refractivity contribution < 1.29 is 131 Å². The number of nitrogens with two attached hydrogens (primary N) is 6. The highest BCUT2D eigenvalue weighted by molar-refractivity contribution is 8.15. The van der Waals surface area contributed by atoms with Gasteiger partial charge >= 0.3 is 41.8 Å². The maximum absolute atomic E-state index is 11.0. The Morgan fingerprint density at radius 3 is 0.944 bits per heavy atom. The molecule has 0 spiro atoms. The van der Waals surface area contributed by atoms with Crippen LogP contribution in [0.4, 0.5) is 0 Å². The molecule has 6 atom stereocenters. The number of amides is 2. The van der Waals surface area contributed by atoms with Gasteiger partial charge < -0.3 is 80.4 Å². The fourth-order valence-corrected chi connectivity index (χ4v) is 6.16. The molecule has 0 saturated carbocycles. The minimum Gasteiger partial charge on any atom is -0.480 e. The Hall–Kier alpha value is -8.29. The predicted molar refractivity (Wildman–Crippen MR) is 315 cm³/mol. The summed E-state index contributed by atoms with van der Waals surface area (Å²) in [7, 11) is 0. The molecule has 512 valence electrons. The summed E-state index contributed by atoms with van der Waals surface area (Å²) in [6, 6.07) is -5.46. The summed E-state index contributed by atoms with van der Waals surface area (Å²) < 4.78 is 4.57. The summed E-state index contributed by atoms with van der Waals surface area (Å²) in [6.07, 6.45) is 6.53. The molecular formula is C54H88N8O27S. The van der Waals surface area contributed by atoms with E-state index in [2.05, 4.69) is 15.4 Å². The Balaban J connectivity index is -0.000000235. The molecule has 0 aliphatic rings. The first-order valence-corrected chi connectivity index (χ1v) is 28.5. The maximum Gasteiger partial charge on any atom is 0.374 e. The van der Waals surface area contributed by atoms with Crippen molar-refractivity contribution in [2.24, 2.45) is 34.4 Å². The Morgan fingerprint density at radius 2 is 0.633 bits per heavy atom. The number of carboxylic acids is 6. The van der Waals surface area contributed by atoms with Crippen LogP contribution in [0.3, 0.4) is 0 Å². The van der Waals surface area contributed by atoms with Crippen LogP contribution >= 0.6 is 11.8 Å². The van der Waals surface area contributed by atoms with Gasteiger partial charge in [0.25, 0.3) is 28.5 Å². The molecule has 0 rings (SSSR count). The molecule has 90 heavy (non-hydrogen) atoms. The molecule has 20 N–H and O–H groups in total. The molecule has 0 heterocycles. The fourth-order valence-electron chi connectivity index (χ4n) is 5.42. The van der Waals surface area contributed by atoms with E-state index in [1.165, 1.54) is 13.8 Å². The van der Waals surface area contributed by atoms with E-state index < -0.39 is 153 Å². The van der Waals surface area contributed by atoms with Gasteiger partial charge in [-0.05, 0) is 89.9 Å². The van der Waals surface area contributed by atoms with Gasteiger partial charge in [0.15, 0.2) is 0 Å². The van der Waals surface area contributed by atoms with Crippen LogP contribution in [0.5, 0.6) is 0 Å². The standard InChI is InChI=1S/C10H15NO5.C9H16N2O4.C9H15NO5.C9H13NO5.C9H15NO4S.C8H14N2O4/c1-6(12)9(14)8(13)5-3-2-4-7(11)10(15)16;1-6(12)8(13)11-5-3-2-4-7(10)9(14)15;1-6(11)9(14)15-5-3-2-4-7(10)8(12)13;1-5(11)8(13)7(12)4-2-3-6(10)9(14)15;1-6(11)9(14)15-5-3-2-4-7(10)8(12)13;1-5(11)7(12)10-4-2-3-6(9)8(13)14/h7H,2-5,11H2,1H3,(H,15,16);7H,2-5,10H2,1H3,(H,11,13)(H,14,15);7H,2-5,10H2,1H3,(H,12,13);6H,2-4,10H2,1H3,(H,14,15);7H,2-5,10H2,1H3,(H,12,13);6H,2-4,9H2,1H3,(H,10,12)(H,13,14). The average molecular weight is 1310 g/mol. The lowest BCUT2D eigenvalue weighted by Crippen LogP contribution is -2.33. The van der Waals surface area contributed by atoms with Gasteiger partial charge in [-0.25, -0.2) is 4.79 Å². The monoisotopic (exact) mass is 1310 g/mol. The van der Waals surface area contributed by atoms with Crippen molar-refractivity contribution in [3.63, 3.8) is 0 Å². The molecule has 0 radical (unpaired) electrons. The molecule has 0 saturated heterocycles. The molecular weight excluding hydrogens is 1220 g/mol. The lowest BCUT2D eigenvalue weighted by Gasteiger charge is -2.06. The third kappa shape index (κ3) is 58.7. The highest BCUT2D eigenvalue weighted by atomic mass is 32.2. The Labute approximate surface area is 521 Å². The molecule has 6 unspecified atom stereocenters. The van der Waals surface area contributed by atoms with E-state index in [-0.39, 0.29) is 51.7 Å². The zero-order valence-electron chi connectivity index (χ0n) is 51.1.